The summed E-state index contributed by atoms with van der Waals surface area (Å²) in [4.78, 5) is 26.0. The second kappa shape index (κ2) is 6.53. The molecule has 0 radical (unpaired) electrons. The number of carbonyl (C=O) groups excluding carboxylic acids is 2. The Labute approximate surface area is 145 Å². The van der Waals surface area contributed by atoms with E-state index in [4.69, 9.17) is 16.3 Å². The van der Waals surface area contributed by atoms with Crippen molar-refractivity contribution in [2.45, 2.75) is 13.8 Å². The summed E-state index contributed by atoms with van der Waals surface area (Å²) in [5, 5.41) is 3.34. The summed E-state index contributed by atoms with van der Waals surface area (Å²) < 4.78 is 5.44. The van der Waals surface area contributed by atoms with Gasteiger partial charge in [0.25, 0.3) is 5.91 Å². The van der Waals surface area contributed by atoms with E-state index in [1.165, 1.54) is 4.90 Å². The zero-order valence-corrected chi connectivity index (χ0v) is 14.2. The highest BCUT2D eigenvalue weighted by atomic mass is 35.5. The van der Waals surface area contributed by atoms with Gasteiger partial charge in [-0.2, -0.15) is 0 Å². The molecule has 3 rings (SSSR count). The zero-order chi connectivity index (χ0) is 17.3. The van der Waals surface area contributed by atoms with Gasteiger partial charge in [0.2, 0.25) is 5.91 Å². The van der Waals surface area contributed by atoms with Crippen LogP contribution in [0, 0.1) is 13.8 Å². The third kappa shape index (κ3) is 3.36. The number of aryl methyl sites for hydroxylation is 2. The van der Waals surface area contributed by atoms with Gasteiger partial charge in [-0.05, 0) is 49.2 Å². The maximum absolute atomic E-state index is 12.4. The maximum atomic E-state index is 12.4. The molecule has 5 nitrogen and oxygen atoms in total. The minimum absolute atomic E-state index is 0.0695. The standard InChI is InChI=1S/C18H17ClN2O3/c1-11-3-6-15-16(7-11)24-10-18(23)21(15)9-17(22)20-14-8-13(19)5-4-12(14)2/h3-8H,9-10H2,1-2H3,(H,20,22). The zero-order valence-electron chi connectivity index (χ0n) is 13.4. The lowest BCUT2D eigenvalue weighted by Gasteiger charge is -2.29. The lowest BCUT2D eigenvalue weighted by molar-refractivity contribution is -0.123. The van der Waals surface area contributed by atoms with Crippen molar-refractivity contribution in [2.75, 3.05) is 23.4 Å². The van der Waals surface area contributed by atoms with Crippen LogP contribution in [0.15, 0.2) is 36.4 Å². The second-order valence-corrected chi connectivity index (χ2v) is 6.18. The van der Waals surface area contributed by atoms with Crippen molar-refractivity contribution in [1.29, 1.82) is 0 Å². The lowest BCUT2D eigenvalue weighted by atomic mass is 10.1. The summed E-state index contributed by atoms with van der Waals surface area (Å²) in [5.74, 6) is 0.0767. The minimum atomic E-state index is -0.290. The first-order chi connectivity index (χ1) is 11.4. The Bertz CT molecular complexity index is 820. The molecule has 0 fully saturated rings. The molecule has 0 atom stereocenters. The van der Waals surface area contributed by atoms with Crippen LogP contribution in [0.4, 0.5) is 11.4 Å². The quantitative estimate of drug-likeness (QED) is 0.929. The Balaban J connectivity index is 1.79. The summed E-state index contributed by atoms with van der Waals surface area (Å²) >= 11 is 5.96. The number of carbonyl (C=O) groups is 2. The first-order valence-electron chi connectivity index (χ1n) is 7.54. The number of fused-ring (bicyclic) bond motifs is 1. The van der Waals surface area contributed by atoms with E-state index in [1.807, 2.05) is 32.0 Å². The highest BCUT2D eigenvalue weighted by Crippen LogP contribution is 2.32. The largest absolute Gasteiger partial charge is 0.482 e. The summed E-state index contributed by atoms with van der Waals surface area (Å²) in [6.07, 6.45) is 0. The maximum Gasteiger partial charge on any atom is 0.265 e. The molecule has 1 aliphatic rings. The highest BCUT2D eigenvalue weighted by Gasteiger charge is 2.27. The minimum Gasteiger partial charge on any atom is -0.482 e. The topological polar surface area (TPSA) is 58.6 Å². The number of hydrogen-bond acceptors (Lipinski definition) is 3. The van der Waals surface area contributed by atoms with Gasteiger partial charge in [-0.25, -0.2) is 0 Å². The van der Waals surface area contributed by atoms with Gasteiger partial charge >= 0.3 is 0 Å². The Morgan fingerprint density at radius 1 is 1.25 bits per heavy atom. The molecule has 124 valence electrons. The molecule has 0 unspecified atom stereocenters. The number of hydrogen-bond donors (Lipinski definition) is 1. The molecule has 2 aromatic carbocycles. The van der Waals surface area contributed by atoms with Crippen LogP contribution in [0.1, 0.15) is 11.1 Å². The number of anilines is 2. The molecular weight excluding hydrogens is 328 g/mol. The summed E-state index contributed by atoms with van der Waals surface area (Å²) in [7, 11) is 0. The Hall–Kier alpha value is -2.53. The van der Waals surface area contributed by atoms with Gasteiger partial charge in [0, 0.05) is 10.7 Å². The summed E-state index contributed by atoms with van der Waals surface area (Å²) in [6.45, 7) is 3.67. The fourth-order valence-corrected chi connectivity index (χ4v) is 2.72. The van der Waals surface area contributed by atoms with Gasteiger partial charge in [0.15, 0.2) is 6.61 Å². The van der Waals surface area contributed by atoms with E-state index in [0.29, 0.717) is 22.1 Å². The van der Waals surface area contributed by atoms with Crippen LogP contribution >= 0.6 is 11.6 Å². The molecule has 0 bridgehead atoms. The van der Waals surface area contributed by atoms with Crippen LogP contribution in [0.2, 0.25) is 5.02 Å². The van der Waals surface area contributed by atoms with E-state index in [9.17, 15) is 9.59 Å². The van der Waals surface area contributed by atoms with Crippen LogP contribution in [-0.4, -0.2) is 25.0 Å². The molecule has 1 heterocycles. The Morgan fingerprint density at radius 2 is 2.04 bits per heavy atom. The first kappa shape index (κ1) is 16.3. The number of nitrogens with one attached hydrogen (secondary N) is 1. The van der Waals surface area contributed by atoms with Crippen LogP contribution in [0.3, 0.4) is 0 Å². The van der Waals surface area contributed by atoms with Crippen LogP contribution in [0.5, 0.6) is 5.75 Å². The first-order valence-corrected chi connectivity index (χ1v) is 7.91. The van der Waals surface area contributed by atoms with Gasteiger partial charge in [0.05, 0.1) is 5.69 Å². The van der Waals surface area contributed by atoms with Crippen molar-refractivity contribution < 1.29 is 14.3 Å². The Morgan fingerprint density at radius 3 is 2.83 bits per heavy atom. The third-order valence-electron chi connectivity index (χ3n) is 3.83. The third-order valence-corrected chi connectivity index (χ3v) is 4.07. The molecule has 1 N–H and O–H groups in total. The molecule has 2 amide bonds. The number of amides is 2. The van der Waals surface area contributed by atoms with Gasteiger partial charge in [-0.15, -0.1) is 0 Å². The van der Waals surface area contributed by atoms with Crippen molar-refractivity contribution in [3.8, 4) is 5.75 Å². The summed E-state index contributed by atoms with van der Waals surface area (Å²) in [6, 6.07) is 10.8. The number of rotatable bonds is 3. The van der Waals surface area contributed by atoms with Crippen molar-refractivity contribution >= 4 is 34.8 Å². The predicted octanol–water partition coefficient (Wildman–Crippen LogP) is 3.32. The number of halogens is 1. The van der Waals surface area contributed by atoms with E-state index in [-0.39, 0.29) is 25.0 Å². The van der Waals surface area contributed by atoms with E-state index in [1.54, 1.807) is 18.2 Å². The SMILES string of the molecule is Cc1ccc2c(c1)OCC(=O)N2CC(=O)Nc1cc(Cl)ccc1C. The summed E-state index contributed by atoms with van der Waals surface area (Å²) in [5.41, 5.74) is 3.17. The number of nitrogens with zero attached hydrogens (tertiary/aromatic N) is 1. The van der Waals surface area contributed by atoms with Crippen LogP contribution in [0.25, 0.3) is 0 Å². The fourth-order valence-electron chi connectivity index (χ4n) is 2.55. The van der Waals surface area contributed by atoms with Gasteiger partial charge in [-0.1, -0.05) is 23.7 Å². The molecular formula is C18H17ClN2O3. The molecule has 0 aromatic heterocycles. The average molecular weight is 345 g/mol. The van der Waals surface area contributed by atoms with E-state index >= 15 is 0 Å². The number of benzene rings is 2. The molecule has 2 aromatic rings. The van der Waals surface area contributed by atoms with Gasteiger partial charge in [0.1, 0.15) is 12.3 Å². The smallest absolute Gasteiger partial charge is 0.265 e. The molecule has 0 saturated carbocycles. The second-order valence-electron chi connectivity index (χ2n) is 5.75. The van der Waals surface area contributed by atoms with Crippen LogP contribution < -0.4 is 15.0 Å². The van der Waals surface area contributed by atoms with Crippen molar-refractivity contribution in [3.63, 3.8) is 0 Å². The van der Waals surface area contributed by atoms with Gasteiger partial charge < -0.3 is 10.1 Å². The monoisotopic (exact) mass is 344 g/mol. The molecule has 0 spiro atoms. The molecule has 24 heavy (non-hydrogen) atoms. The normalized spacial score (nSPS) is 13.3. The molecule has 6 heteroatoms. The van der Waals surface area contributed by atoms with Crippen molar-refractivity contribution in [2.24, 2.45) is 0 Å². The van der Waals surface area contributed by atoms with Crippen LogP contribution in [-0.2, 0) is 9.59 Å². The lowest BCUT2D eigenvalue weighted by Crippen LogP contribution is -2.43. The van der Waals surface area contributed by atoms with E-state index in [2.05, 4.69) is 5.32 Å². The Kier molecular flexibility index (Phi) is 4.44. The number of ether oxygens (including phenoxy) is 1. The van der Waals surface area contributed by atoms with E-state index < -0.39 is 0 Å². The highest BCUT2D eigenvalue weighted by molar-refractivity contribution is 6.31. The predicted molar refractivity (Wildman–Crippen MR) is 93.8 cm³/mol. The van der Waals surface area contributed by atoms with Gasteiger partial charge in [-0.3, -0.25) is 14.5 Å². The molecule has 0 aliphatic carbocycles. The fraction of sp³-hybridized carbons (Fsp3) is 0.222. The molecule has 1 aliphatic heterocycles. The van der Waals surface area contributed by atoms with E-state index in [0.717, 1.165) is 11.1 Å². The molecule has 0 saturated heterocycles. The van der Waals surface area contributed by atoms with Crippen molar-refractivity contribution in [1.82, 2.24) is 0 Å². The average Bonchev–Trinajstić information content (AvgIpc) is 2.53. The van der Waals surface area contributed by atoms with Crippen molar-refractivity contribution in [3.05, 3.63) is 52.5 Å².